The summed E-state index contributed by atoms with van der Waals surface area (Å²) in [6.07, 6.45) is 3.59. The summed E-state index contributed by atoms with van der Waals surface area (Å²) in [5.74, 6) is 1.27. The van der Waals surface area contributed by atoms with E-state index in [1.54, 1.807) is 13.1 Å². The fourth-order valence-corrected chi connectivity index (χ4v) is 2.22. The molecule has 0 atom stereocenters. The minimum Gasteiger partial charge on any atom is -0.381 e. The summed E-state index contributed by atoms with van der Waals surface area (Å²) in [7, 11) is 1.72. The van der Waals surface area contributed by atoms with E-state index < -0.39 is 0 Å². The number of nitrogens with one attached hydrogen (secondary N) is 2. The molecule has 0 spiro atoms. The van der Waals surface area contributed by atoms with Crippen molar-refractivity contribution in [2.45, 2.75) is 25.8 Å². The van der Waals surface area contributed by atoms with Crippen LogP contribution in [-0.4, -0.2) is 32.8 Å². The van der Waals surface area contributed by atoms with Gasteiger partial charge in [-0.05, 0) is 58.8 Å². The van der Waals surface area contributed by atoms with Crippen molar-refractivity contribution in [2.75, 3.05) is 26.8 Å². The van der Waals surface area contributed by atoms with Crippen molar-refractivity contribution in [1.82, 2.24) is 10.6 Å². The molecule has 0 radical (unpaired) electrons. The third-order valence-corrected chi connectivity index (χ3v) is 4.12. The maximum atomic E-state index is 13.4. The standard InChI is InChI=1S/C16H23BrFN3O.HI/c1-19-16(20-7-2-8-22-11-12-3-4-12)21-10-13-5-6-14(17)15(18)9-13;/h5-6,9,12H,2-4,7-8,10-11H2,1H3,(H2,19,20,21);1H. The number of guanidine groups is 1. The van der Waals surface area contributed by atoms with E-state index in [0.29, 0.717) is 17.0 Å². The number of hydrogen-bond acceptors (Lipinski definition) is 2. The topological polar surface area (TPSA) is 45.7 Å². The van der Waals surface area contributed by atoms with Crippen LogP contribution in [0.4, 0.5) is 4.39 Å². The van der Waals surface area contributed by atoms with Gasteiger partial charge in [-0.25, -0.2) is 4.39 Å². The molecule has 1 aliphatic rings. The van der Waals surface area contributed by atoms with Gasteiger partial charge in [-0.1, -0.05) is 6.07 Å². The van der Waals surface area contributed by atoms with Crippen LogP contribution in [-0.2, 0) is 11.3 Å². The van der Waals surface area contributed by atoms with Gasteiger partial charge in [-0.2, -0.15) is 0 Å². The van der Waals surface area contributed by atoms with Crippen LogP contribution in [0.3, 0.4) is 0 Å². The lowest BCUT2D eigenvalue weighted by molar-refractivity contribution is 0.123. The van der Waals surface area contributed by atoms with Crippen LogP contribution in [0.25, 0.3) is 0 Å². The molecule has 1 saturated carbocycles. The highest BCUT2D eigenvalue weighted by atomic mass is 127. The zero-order chi connectivity index (χ0) is 15.8. The highest BCUT2D eigenvalue weighted by Crippen LogP contribution is 2.28. The molecule has 7 heteroatoms. The molecule has 0 saturated heterocycles. The van der Waals surface area contributed by atoms with Gasteiger partial charge in [0.1, 0.15) is 5.82 Å². The van der Waals surface area contributed by atoms with Gasteiger partial charge in [0, 0.05) is 33.4 Å². The SMILES string of the molecule is CN=C(NCCCOCC1CC1)NCc1ccc(Br)c(F)c1.I. The highest BCUT2D eigenvalue weighted by molar-refractivity contribution is 14.0. The molecule has 0 heterocycles. The molecule has 1 fully saturated rings. The van der Waals surface area contributed by atoms with Gasteiger partial charge >= 0.3 is 0 Å². The summed E-state index contributed by atoms with van der Waals surface area (Å²) in [6, 6.07) is 5.09. The van der Waals surface area contributed by atoms with Gasteiger partial charge in [0.2, 0.25) is 0 Å². The van der Waals surface area contributed by atoms with Crippen molar-refractivity contribution < 1.29 is 9.13 Å². The number of halogens is 3. The third-order valence-electron chi connectivity index (χ3n) is 3.48. The molecule has 1 aromatic carbocycles. The maximum Gasteiger partial charge on any atom is 0.191 e. The summed E-state index contributed by atoms with van der Waals surface area (Å²) in [5, 5.41) is 6.39. The minimum atomic E-state index is -0.255. The first-order valence-corrected chi connectivity index (χ1v) is 8.44. The summed E-state index contributed by atoms with van der Waals surface area (Å²) < 4.78 is 19.5. The second-order valence-corrected chi connectivity index (χ2v) is 6.33. The summed E-state index contributed by atoms with van der Waals surface area (Å²) >= 11 is 3.15. The molecule has 130 valence electrons. The van der Waals surface area contributed by atoms with E-state index in [4.69, 9.17) is 4.74 Å². The molecule has 1 aliphatic carbocycles. The van der Waals surface area contributed by atoms with Crippen LogP contribution in [0, 0.1) is 11.7 Å². The van der Waals surface area contributed by atoms with Crippen LogP contribution < -0.4 is 10.6 Å². The molecule has 0 unspecified atom stereocenters. The Morgan fingerprint density at radius 1 is 1.39 bits per heavy atom. The van der Waals surface area contributed by atoms with Crippen LogP contribution in [0.1, 0.15) is 24.8 Å². The quantitative estimate of drug-likeness (QED) is 0.248. The Morgan fingerprint density at radius 3 is 2.83 bits per heavy atom. The summed E-state index contributed by atoms with van der Waals surface area (Å²) in [5.41, 5.74) is 0.872. The molecule has 0 amide bonds. The molecule has 23 heavy (non-hydrogen) atoms. The summed E-state index contributed by atoms with van der Waals surface area (Å²) in [6.45, 7) is 3.02. The third kappa shape index (κ3) is 8.30. The van der Waals surface area contributed by atoms with Crippen molar-refractivity contribution >= 4 is 45.9 Å². The predicted octanol–water partition coefficient (Wildman–Crippen LogP) is 3.69. The van der Waals surface area contributed by atoms with E-state index in [2.05, 4.69) is 31.6 Å². The van der Waals surface area contributed by atoms with Crippen molar-refractivity contribution in [3.05, 3.63) is 34.1 Å². The van der Waals surface area contributed by atoms with Gasteiger partial charge in [-0.3, -0.25) is 4.99 Å². The first-order chi connectivity index (χ1) is 10.7. The monoisotopic (exact) mass is 499 g/mol. The Kier molecular flexibility index (Phi) is 10.0. The zero-order valence-electron chi connectivity index (χ0n) is 13.3. The molecular weight excluding hydrogens is 476 g/mol. The number of benzene rings is 1. The van der Waals surface area contributed by atoms with Crippen LogP contribution >= 0.6 is 39.9 Å². The van der Waals surface area contributed by atoms with Crippen LogP contribution in [0.2, 0.25) is 0 Å². The van der Waals surface area contributed by atoms with E-state index in [1.807, 2.05) is 6.07 Å². The van der Waals surface area contributed by atoms with Gasteiger partial charge in [-0.15, -0.1) is 24.0 Å². The molecule has 4 nitrogen and oxygen atoms in total. The normalized spacial score (nSPS) is 14.3. The largest absolute Gasteiger partial charge is 0.381 e. The average Bonchev–Trinajstić information content (AvgIpc) is 3.33. The molecule has 0 bridgehead atoms. The van der Waals surface area contributed by atoms with Gasteiger partial charge < -0.3 is 15.4 Å². The van der Waals surface area contributed by atoms with Crippen molar-refractivity contribution in [1.29, 1.82) is 0 Å². The lowest BCUT2D eigenvalue weighted by atomic mass is 10.2. The summed E-state index contributed by atoms with van der Waals surface area (Å²) in [4.78, 5) is 4.15. The Labute approximate surface area is 162 Å². The highest BCUT2D eigenvalue weighted by Gasteiger charge is 2.20. The number of nitrogens with zero attached hydrogens (tertiary/aromatic N) is 1. The van der Waals surface area contributed by atoms with Crippen molar-refractivity contribution in [3.8, 4) is 0 Å². The van der Waals surface area contributed by atoms with Crippen molar-refractivity contribution in [3.63, 3.8) is 0 Å². The number of aliphatic imine (C=N–C) groups is 1. The first kappa shape index (κ1) is 20.6. The fraction of sp³-hybridized carbons (Fsp3) is 0.562. The second kappa shape index (κ2) is 11.2. The van der Waals surface area contributed by atoms with Gasteiger partial charge in [0.15, 0.2) is 5.96 Å². The van der Waals surface area contributed by atoms with E-state index in [-0.39, 0.29) is 29.8 Å². The lowest BCUT2D eigenvalue weighted by Gasteiger charge is -2.12. The molecule has 0 aromatic heterocycles. The molecular formula is C16H24BrFIN3O. The fourth-order valence-electron chi connectivity index (χ4n) is 1.97. The number of rotatable bonds is 8. The molecule has 2 N–H and O–H groups in total. The first-order valence-electron chi connectivity index (χ1n) is 7.65. The maximum absolute atomic E-state index is 13.4. The average molecular weight is 500 g/mol. The van der Waals surface area contributed by atoms with E-state index in [0.717, 1.165) is 37.7 Å². The smallest absolute Gasteiger partial charge is 0.191 e. The Bertz CT molecular complexity index is 512. The Morgan fingerprint density at radius 2 is 2.17 bits per heavy atom. The molecule has 0 aliphatic heterocycles. The van der Waals surface area contributed by atoms with E-state index in [1.165, 1.54) is 18.9 Å². The Balaban J connectivity index is 0.00000264. The minimum absolute atomic E-state index is 0. The number of hydrogen-bond donors (Lipinski definition) is 2. The van der Waals surface area contributed by atoms with Gasteiger partial charge in [0.05, 0.1) is 4.47 Å². The molecule has 2 rings (SSSR count). The lowest BCUT2D eigenvalue weighted by Crippen LogP contribution is -2.37. The van der Waals surface area contributed by atoms with Gasteiger partial charge in [0.25, 0.3) is 0 Å². The van der Waals surface area contributed by atoms with E-state index >= 15 is 0 Å². The predicted molar refractivity (Wildman–Crippen MR) is 106 cm³/mol. The Hall–Kier alpha value is -0.410. The van der Waals surface area contributed by atoms with E-state index in [9.17, 15) is 4.39 Å². The van der Waals surface area contributed by atoms with Crippen molar-refractivity contribution in [2.24, 2.45) is 10.9 Å². The molecule has 1 aromatic rings. The van der Waals surface area contributed by atoms with Crippen LogP contribution in [0.15, 0.2) is 27.7 Å². The van der Waals surface area contributed by atoms with Crippen LogP contribution in [0.5, 0.6) is 0 Å². The second-order valence-electron chi connectivity index (χ2n) is 5.47. The zero-order valence-corrected chi connectivity index (χ0v) is 17.2. The number of ether oxygens (including phenoxy) is 1.